The first-order chi connectivity index (χ1) is 14.0. The van der Waals surface area contributed by atoms with Crippen molar-refractivity contribution in [3.63, 3.8) is 0 Å². The summed E-state index contributed by atoms with van der Waals surface area (Å²) in [5.41, 5.74) is -0.310. The van der Waals surface area contributed by atoms with E-state index in [1.54, 1.807) is 36.6 Å². The summed E-state index contributed by atoms with van der Waals surface area (Å²) < 4.78 is 1.49. The molecule has 3 heterocycles. The van der Waals surface area contributed by atoms with Crippen LogP contribution in [0.25, 0.3) is 0 Å². The lowest BCUT2D eigenvalue weighted by molar-refractivity contribution is -0.124. The number of nitrogens with zero attached hydrogens (tertiary/aromatic N) is 6. The monoisotopic (exact) mass is 394 g/mol. The highest BCUT2D eigenvalue weighted by Crippen LogP contribution is 2.53. The molecule has 150 valence electrons. The predicted octanol–water partition coefficient (Wildman–Crippen LogP) is 1.21. The Morgan fingerprint density at radius 2 is 2.24 bits per heavy atom. The van der Waals surface area contributed by atoms with Crippen molar-refractivity contribution < 1.29 is 9.59 Å². The second kappa shape index (κ2) is 7.16. The molecule has 10 nitrogen and oxygen atoms in total. The molecule has 1 aliphatic carbocycles. The van der Waals surface area contributed by atoms with Gasteiger partial charge in [0.2, 0.25) is 17.8 Å². The average molecular weight is 394 g/mol. The fraction of sp³-hybridized carbons (Fsp3) is 0.474. The van der Waals surface area contributed by atoms with Crippen molar-refractivity contribution in [2.75, 3.05) is 17.3 Å². The van der Waals surface area contributed by atoms with E-state index in [-0.39, 0.29) is 30.3 Å². The van der Waals surface area contributed by atoms with Gasteiger partial charge in [0.25, 0.3) is 0 Å². The van der Waals surface area contributed by atoms with Gasteiger partial charge >= 0.3 is 0 Å². The Bertz CT molecular complexity index is 992. The molecule has 1 aliphatic heterocycles. The number of carbonyl (C=O) groups is 2. The Morgan fingerprint density at radius 3 is 2.93 bits per heavy atom. The van der Waals surface area contributed by atoms with Gasteiger partial charge in [-0.1, -0.05) is 0 Å². The standard InChI is InChI=1S/C19H22N8O2/c1-12-7-19(11-20,13-3-4-13)17(29)27(12)15-5-6-22-18(25-15)24-14-8-23-26(9-14)10-16(28)21-2/h5-6,8-9,12-13H,3-4,7,10H2,1-2H3,(H,21,28)(H,22,24,25)/t12-,19-/m1/s1. The molecule has 1 saturated carbocycles. The van der Waals surface area contributed by atoms with Crippen molar-refractivity contribution in [1.29, 1.82) is 5.26 Å². The van der Waals surface area contributed by atoms with E-state index in [0.29, 0.717) is 23.9 Å². The van der Waals surface area contributed by atoms with E-state index in [9.17, 15) is 14.9 Å². The van der Waals surface area contributed by atoms with Crippen molar-refractivity contribution in [2.45, 2.75) is 38.8 Å². The van der Waals surface area contributed by atoms with Gasteiger partial charge in [0.1, 0.15) is 17.8 Å². The maximum absolute atomic E-state index is 13.1. The molecule has 0 bridgehead atoms. The van der Waals surface area contributed by atoms with Crippen LogP contribution < -0.4 is 15.5 Å². The summed E-state index contributed by atoms with van der Waals surface area (Å²) in [4.78, 5) is 34.9. The zero-order valence-electron chi connectivity index (χ0n) is 16.3. The van der Waals surface area contributed by atoms with E-state index in [1.807, 2.05) is 6.92 Å². The highest BCUT2D eigenvalue weighted by molar-refractivity contribution is 6.02. The van der Waals surface area contributed by atoms with Gasteiger partial charge in [0, 0.05) is 25.5 Å². The molecule has 2 N–H and O–H groups in total. The van der Waals surface area contributed by atoms with Gasteiger partial charge in [0.05, 0.1) is 18.0 Å². The van der Waals surface area contributed by atoms with Crippen molar-refractivity contribution in [1.82, 2.24) is 25.1 Å². The molecule has 4 rings (SSSR count). The summed E-state index contributed by atoms with van der Waals surface area (Å²) in [6.45, 7) is 2.05. The maximum atomic E-state index is 13.1. The van der Waals surface area contributed by atoms with Gasteiger partial charge in [-0.05, 0) is 38.2 Å². The molecule has 2 atom stereocenters. The number of hydrogen-bond donors (Lipinski definition) is 2. The third-order valence-electron chi connectivity index (χ3n) is 5.49. The van der Waals surface area contributed by atoms with Gasteiger partial charge in [-0.15, -0.1) is 0 Å². The number of carbonyl (C=O) groups excluding carboxylic acids is 2. The lowest BCUT2D eigenvalue weighted by Crippen LogP contribution is -2.37. The van der Waals surface area contributed by atoms with Gasteiger partial charge in [-0.2, -0.15) is 15.3 Å². The van der Waals surface area contributed by atoms with Crippen LogP contribution in [0.1, 0.15) is 26.2 Å². The number of nitriles is 1. The Kier molecular flexibility index (Phi) is 4.66. The van der Waals surface area contributed by atoms with E-state index in [1.165, 1.54) is 4.68 Å². The van der Waals surface area contributed by atoms with Crippen LogP contribution in [0.5, 0.6) is 0 Å². The first-order valence-electron chi connectivity index (χ1n) is 9.55. The van der Waals surface area contributed by atoms with Crippen LogP contribution in [0.3, 0.4) is 0 Å². The molecule has 0 spiro atoms. The molecule has 10 heteroatoms. The molecular weight excluding hydrogens is 372 g/mol. The Balaban J connectivity index is 1.53. The van der Waals surface area contributed by atoms with E-state index < -0.39 is 5.41 Å². The van der Waals surface area contributed by atoms with Crippen LogP contribution in [0.4, 0.5) is 17.5 Å². The van der Waals surface area contributed by atoms with Crippen LogP contribution in [0.2, 0.25) is 0 Å². The van der Waals surface area contributed by atoms with Gasteiger partial charge in [-0.25, -0.2) is 4.98 Å². The van der Waals surface area contributed by atoms with Crippen LogP contribution in [0.15, 0.2) is 24.7 Å². The summed E-state index contributed by atoms with van der Waals surface area (Å²) in [6.07, 6.45) is 7.18. The average Bonchev–Trinajstić information content (AvgIpc) is 3.42. The highest BCUT2D eigenvalue weighted by Gasteiger charge is 2.59. The molecule has 2 fully saturated rings. The summed E-state index contributed by atoms with van der Waals surface area (Å²) in [5.74, 6) is 0.602. The van der Waals surface area contributed by atoms with Crippen molar-refractivity contribution >= 4 is 29.3 Å². The minimum Gasteiger partial charge on any atom is -0.358 e. The van der Waals surface area contributed by atoms with E-state index >= 15 is 0 Å². The molecule has 0 radical (unpaired) electrons. The fourth-order valence-corrected chi connectivity index (χ4v) is 3.91. The first-order valence-corrected chi connectivity index (χ1v) is 9.55. The molecule has 2 amide bonds. The quantitative estimate of drug-likeness (QED) is 0.753. The van der Waals surface area contributed by atoms with Crippen molar-refractivity contribution in [3.8, 4) is 6.07 Å². The summed E-state index contributed by atoms with van der Waals surface area (Å²) >= 11 is 0. The van der Waals surface area contributed by atoms with Gasteiger partial charge < -0.3 is 10.6 Å². The molecule has 0 aromatic carbocycles. The maximum Gasteiger partial charge on any atom is 0.249 e. The lowest BCUT2D eigenvalue weighted by Gasteiger charge is -2.22. The second-order valence-electron chi connectivity index (χ2n) is 7.55. The first kappa shape index (κ1) is 18.9. The van der Waals surface area contributed by atoms with Gasteiger partial charge in [0.15, 0.2) is 0 Å². The normalized spacial score (nSPS) is 23.7. The van der Waals surface area contributed by atoms with Crippen molar-refractivity contribution in [2.24, 2.45) is 11.3 Å². The third-order valence-corrected chi connectivity index (χ3v) is 5.49. The molecular formula is C19H22N8O2. The zero-order valence-corrected chi connectivity index (χ0v) is 16.3. The largest absolute Gasteiger partial charge is 0.358 e. The summed E-state index contributed by atoms with van der Waals surface area (Å²) in [6, 6.07) is 3.87. The summed E-state index contributed by atoms with van der Waals surface area (Å²) in [5, 5.41) is 19.4. The second-order valence-corrected chi connectivity index (χ2v) is 7.55. The number of amides is 2. The van der Waals surface area contributed by atoms with Crippen LogP contribution in [-0.4, -0.2) is 44.7 Å². The van der Waals surface area contributed by atoms with Crippen LogP contribution in [0, 0.1) is 22.7 Å². The van der Waals surface area contributed by atoms with Gasteiger partial charge in [-0.3, -0.25) is 19.2 Å². The Labute approximate surface area is 167 Å². The number of hydrogen-bond acceptors (Lipinski definition) is 7. The zero-order chi connectivity index (χ0) is 20.6. The van der Waals surface area contributed by atoms with E-state index in [0.717, 1.165) is 12.8 Å². The third kappa shape index (κ3) is 3.40. The minimum absolute atomic E-state index is 0.107. The predicted molar refractivity (Wildman–Crippen MR) is 104 cm³/mol. The number of anilines is 3. The molecule has 2 aromatic rings. The highest BCUT2D eigenvalue weighted by atomic mass is 16.2. The smallest absolute Gasteiger partial charge is 0.249 e. The lowest BCUT2D eigenvalue weighted by atomic mass is 9.81. The van der Waals surface area contributed by atoms with E-state index in [4.69, 9.17) is 0 Å². The number of aromatic nitrogens is 4. The minimum atomic E-state index is -0.932. The summed E-state index contributed by atoms with van der Waals surface area (Å²) in [7, 11) is 1.56. The molecule has 1 saturated heterocycles. The number of likely N-dealkylation sites (N-methyl/N-ethyl adjacent to an activating group) is 1. The van der Waals surface area contributed by atoms with Crippen molar-refractivity contribution in [3.05, 3.63) is 24.7 Å². The fourth-order valence-electron chi connectivity index (χ4n) is 3.91. The van der Waals surface area contributed by atoms with E-state index in [2.05, 4.69) is 31.8 Å². The molecule has 2 aromatic heterocycles. The topological polar surface area (TPSA) is 129 Å². The Morgan fingerprint density at radius 1 is 1.45 bits per heavy atom. The Hall–Kier alpha value is -3.48. The molecule has 2 aliphatic rings. The number of rotatable bonds is 6. The SMILES string of the molecule is CNC(=O)Cn1cc(Nc2nccc(N3C(=O)[C@](C#N)(C4CC4)C[C@H]3C)n2)cn1. The van der Waals surface area contributed by atoms with Crippen LogP contribution in [-0.2, 0) is 16.1 Å². The van der Waals surface area contributed by atoms with Crippen LogP contribution >= 0.6 is 0 Å². The molecule has 29 heavy (non-hydrogen) atoms. The number of nitrogens with one attached hydrogen (secondary N) is 2. The molecule has 0 unspecified atom stereocenters.